The topological polar surface area (TPSA) is 60.0 Å². The maximum atomic E-state index is 11.8. The number of hydrogen-bond donors (Lipinski definition) is 2. The molecule has 25 heavy (non-hydrogen) atoms. The molecular formula is C17H34IN5OS. The van der Waals surface area contributed by atoms with Crippen molar-refractivity contribution in [2.75, 3.05) is 58.8 Å². The minimum absolute atomic E-state index is 0. The number of carbonyl (C=O) groups is 1. The smallest absolute Gasteiger partial charge is 0.243 e. The summed E-state index contributed by atoms with van der Waals surface area (Å²) in [6, 6.07) is 0.404. The Labute approximate surface area is 174 Å². The summed E-state index contributed by atoms with van der Waals surface area (Å²) < 4.78 is 0. The quantitative estimate of drug-likeness (QED) is 0.181. The number of hydrogen-bond acceptors (Lipinski definition) is 4. The molecule has 0 aromatic heterocycles. The van der Waals surface area contributed by atoms with Gasteiger partial charge in [-0.05, 0) is 26.0 Å². The third-order valence-electron chi connectivity index (χ3n) is 3.89. The molecule has 146 valence electrons. The zero-order valence-electron chi connectivity index (χ0n) is 16.0. The fraction of sp³-hybridized carbons (Fsp3) is 0.765. The Hall–Kier alpha value is -0.480. The molecule has 0 atom stereocenters. The van der Waals surface area contributed by atoms with Gasteiger partial charge in [-0.1, -0.05) is 12.2 Å². The van der Waals surface area contributed by atoms with Crippen molar-refractivity contribution < 1.29 is 4.79 Å². The summed E-state index contributed by atoms with van der Waals surface area (Å²) in [5.74, 6) is 1.77. The molecular weight excluding hydrogens is 449 g/mol. The van der Waals surface area contributed by atoms with Crippen LogP contribution >= 0.6 is 35.7 Å². The molecule has 0 spiro atoms. The summed E-state index contributed by atoms with van der Waals surface area (Å²) in [6.07, 6.45) is 4.25. The van der Waals surface area contributed by atoms with Crippen LogP contribution in [0.4, 0.5) is 0 Å². The van der Waals surface area contributed by atoms with Crippen molar-refractivity contribution in [1.29, 1.82) is 0 Å². The summed E-state index contributed by atoms with van der Waals surface area (Å²) in [5, 5.41) is 6.82. The van der Waals surface area contributed by atoms with Crippen LogP contribution in [-0.2, 0) is 4.79 Å². The summed E-state index contributed by atoms with van der Waals surface area (Å²) >= 11 is 1.79. The summed E-state index contributed by atoms with van der Waals surface area (Å²) in [6.45, 7) is 10.2. The molecule has 8 heteroatoms. The molecule has 1 amide bonds. The standard InChI is InChI=1S/C17H33N5OS.HI/c1-14(2)13-22-9-6-15(7-10-22)20-17(18-8-11-24-5)19-12-16(23)21(3)4;/h15H,1,6-13H2,2-5H3,(H2,18,19,20);1H. The van der Waals surface area contributed by atoms with Crippen molar-refractivity contribution >= 4 is 47.6 Å². The SMILES string of the molecule is C=C(C)CN1CCC(NC(=NCC(=O)N(C)C)NCCSC)CC1.I. The third-order valence-corrected chi connectivity index (χ3v) is 4.50. The predicted octanol–water partition coefficient (Wildman–Crippen LogP) is 1.63. The van der Waals surface area contributed by atoms with Gasteiger partial charge in [-0.2, -0.15) is 11.8 Å². The molecule has 0 unspecified atom stereocenters. The molecule has 1 aliphatic rings. The van der Waals surface area contributed by atoms with E-state index in [1.54, 1.807) is 30.8 Å². The second kappa shape index (κ2) is 13.7. The number of likely N-dealkylation sites (N-methyl/N-ethyl adjacent to an activating group) is 1. The fourth-order valence-electron chi connectivity index (χ4n) is 2.52. The Kier molecular flexibility index (Phi) is 13.4. The average molecular weight is 483 g/mol. The lowest BCUT2D eigenvalue weighted by molar-refractivity contribution is -0.127. The van der Waals surface area contributed by atoms with E-state index in [4.69, 9.17) is 0 Å². The van der Waals surface area contributed by atoms with E-state index in [1.165, 1.54) is 5.57 Å². The van der Waals surface area contributed by atoms with Crippen LogP contribution in [0.25, 0.3) is 0 Å². The third kappa shape index (κ3) is 11.0. The molecule has 1 rings (SSSR count). The van der Waals surface area contributed by atoms with Gasteiger partial charge in [0, 0.05) is 52.1 Å². The molecule has 1 aliphatic heterocycles. The Bertz CT molecular complexity index is 437. The number of nitrogens with one attached hydrogen (secondary N) is 2. The van der Waals surface area contributed by atoms with Gasteiger partial charge in [0.15, 0.2) is 5.96 Å². The van der Waals surface area contributed by atoms with Gasteiger partial charge in [0.2, 0.25) is 5.91 Å². The minimum atomic E-state index is 0. The molecule has 0 radical (unpaired) electrons. The molecule has 1 heterocycles. The van der Waals surface area contributed by atoms with Gasteiger partial charge in [0.1, 0.15) is 6.54 Å². The molecule has 6 nitrogen and oxygen atoms in total. The Morgan fingerprint density at radius 2 is 2.00 bits per heavy atom. The normalized spacial score (nSPS) is 16.1. The first-order chi connectivity index (χ1) is 11.4. The lowest BCUT2D eigenvalue weighted by atomic mass is 10.0. The molecule has 0 aromatic rings. The molecule has 1 fully saturated rings. The molecule has 1 saturated heterocycles. The molecule has 2 N–H and O–H groups in total. The number of rotatable bonds is 8. The number of likely N-dealkylation sites (tertiary alicyclic amines) is 1. The van der Waals surface area contributed by atoms with Crippen LogP contribution in [0, 0.1) is 0 Å². The Balaban J connectivity index is 0.00000576. The van der Waals surface area contributed by atoms with E-state index in [-0.39, 0.29) is 36.4 Å². The van der Waals surface area contributed by atoms with Crippen molar-refractivity contribution in [1.82, 2.24) is 20.4 Å². The largest absolute Gasteiger partial charge is 0.356 e. The van der Waals surface area contributed by atoms with Gasteiger partial charge < -0.3 is 15.5 Å². The molecule has 0 aromatic carbocycles. The van der Waals surface area contributed by atoms with E-state index in [9.17, 15) is 4.79 Å². The highest BCUT2D eigenvalue weighted by Gasteiger charge is 2.20. The first-order valence-electron chi connectivity index (χ1n) is 8.53. The highest BCUT2D eigenvalue weighted by molar-refractivity contribution is 14.0. The predicted molar refractivity (Wildman–Crippen MR) is 120 cm³/mol. The highest BCUT2D eigenvalue weighted by atomic mass is 127. The molecule has 0 aliphatic carbocycles. The summed E-state index contributed by atoms with van der Waals surface area (Å²) in [4.78, 5) is 20.2. The highest BCUT2D eigenvalue weighted by Crippen LogP contribution is 2.11. The summed E-state index contributed by atoms with van der Waals surface area (Å²) in [7, 11) is 3.51. The molecule has 0 bridgehead atoms. The van der Waals surface area contributed by atoms with Crippen LogP contribution < -0.4 is 10.6 Å². The van der Waals surface area contributed by atoms with E-state index < -0.39 is 0 Å². The number of aliphatic imine (C=N–C) groups is 1. The summed E-state index contributed by atoms with van der Waals surface area (Å²) in [5.41, 5.74) is 1.21. The maximum absolute atomic E-state index is 11.8. The second-order valence-corrected chi connectivity index (χ2v) is 7.51. The number of piperidine rings is 1. The van der Waals surface area contributed by atoms with Crippen LogP contribution in [0.3, 0.4) is 0 Å². The monoisotopic (exact) mass is 483 g/mol. The number of thioether (sulfide) groups is 1. The molecule has 0 saturated carbocycles. The van der Waals surface area contributed by atoms with Gasteiger partial charge in [-0.25, -0.2) is 4.99 Å². The van der Waals surface area contributed by atoms with Gasteiger partial charge in [-0.15, -0.1) is 24.0 Å². The lowest BCUT2D eigenvalue weighted by Gasteiger charge is -2.33. The Morgan fingerprint density at radius 1 is 1.36 bits per heavy atom. The van der Waals surface area contributed by atoms with E-state index in [0.717, 1.165) is 50.7 Å². The van der Waals surface area contributed by atoms with Crippen molar-refractivity contribution in [2.24, 2.45) is 4.99 Å². The van der Waals surface area contributed by atoms with Crippen molar-refractivity contribution in [3.05, 3.63) is 12.2 Å². The van der Waals surface area contributed by atoms with Crippen LogP contribution in [0.1, 0.15) is 19.8 Å². The van der Waals surface area contributed by atoms with E-state index >= 15 is 0 Å². The van der Waals surface area contributed by atoms with E-state index in [2.05, 4.69) is 40.3 Å². The average Bonchev–Trinajstić information content (AvgIpc) is 2.53. The number of nitrogens with zero attached hydrogens (tertiary/aromatic N) is 3. The number of guanidine groups is 1. The van der Waals surface area contributed by atoms with Crippen LogP contribution in [0.2, 0.25) is 0 Å². The first-order valence-corrected chi connectivity index (χ1v) is 9.92. The Morgan fingerprint density at radius 3 is 2.52 bits per heavy atom. The van der Waals surface area contributed by atoms with Gasteiger partial charge in [-0.3, -0.25) is 9.69 Å². The fourth-order valence-corrected chi connectivity index (χ4v) is 2.83. The number of amides is 1. The van der Waals surface area contributed by atoms with Crippen LogP contribution in [0.15, 0.2) is 17.1 Å². The lowest BCUT2D eigenvalue weighted by Crippen LogP contribution is -2.49. The van der Waals surface area contributed by atoms with E-state index in [1.807, 2.05) is 0 Å². The maximum Gasteiger partial charge on any atom is 0.243 e. The van der Waals surface area contributed by atoms with Crippen molar-refractivity contribution in [3.8, 4) is 0 Å². The number of carbonyl (C=O) groups excluding carboxylic acids is 1. The first kappa shape index (κ1) is 24.5. The van der Waals surface area contributed by atoms with Gasteiger partial charge in [0.25, 0.3) is 0 Å². The van der Waals surface area contributed by atoms with Gasteiger partial charge >= 0.3 is 0 Å². The van der Waals surface area contributed by atoms with Crippen molar-refractivity contribution in [2.45, 2.75) is 25.8 Å². The number of halogens is 1. The van der Waals surface area contributed by atoms with Crippen LogP contribution in [0.5, 0.6) is 0 Å². The van der Waals surface area contributed by atoms with E-state index in [0.29, 0.717) is 6.04 Å². The zero-order valence-corrected chi connectivity index (χ0v) is 19.2. The minimum Gasteiger partial charge on any atom is -0.356 e. The zero-order chi connectivity index (χ0) is 17.9. The second-order valence-electron chi connectivity index (χ2n) is 6.52. The van der Waals surface area contributed by atoms with Crippen LogP contribution in [-0.4, -0.2) is 86.5 Å². The van der Waals surface area contributed by atoms with Gasteiger partial charge in [0.05, 0.1) is 0 Å². The van der Waals surface area contributed by atoms with Crippen molar-refractivity contribution in [3.63, 3.8) is 0 Å².